The number of carbonyl (C=O) groups is 1. The lowest BCUT2D eigenvalue weighted by molar-refractivity contribution is 0.162. The number of nitrogens with one attached hydrogen (secondary N) is 2. The van der Waals surface area contributed by atoms with Crippen molar-refractivity contribution in [1.29, 1.82) is 0 Å². The first kappa shape index (κ1) is 17.6. The summed E-state index contributed by atoms with van der Waals surface area (Å²) in [7, 11) is 0. The summed E-state index contributed by atoms with van der Waals surface area (Å²) in [4.78, 5) is 12.0. The molecule has 1 aliphatic rings. The van der Waals surface area contributed by atoms with Gasteiger partial charge in [-0.2, -0.15) is 0 Å². The third kappa shape index (κ3) is 4.61. The lowest BCUT2D eigenvalue weighted by Gasteiger charge is -2.31. The molecule has 0 bridgehead atoms. The topological polar surface area (TPSA) is 70.6 Å². The van der Waals surface area contributed by atoms with E-state index in [0.717, 1.165) is 25.0 Å². The van der Waals surface area contributed by atoms with E-state index in [-0.39, 0.29) is 24.2 Å². The number of fused-ring (bicyclic) bond motifs is 1. The number of hydrogen-bond acceptors (Lipinski definition) is 3. The molecular formula is C18H28N2O3. The summed E-state index contributed by atoms with van der Waals surface area (Å²) < 4.78 is 5.81. The van der Waals surface area contributed by atoms with Gasteiger partial charge >= 0.3 is 6.03 Å². The molecule has 0 saturated carbocycles. The van der Waals surface area contributed by atoms with Crippen molar-refractivity contribution in [1.82, 2.24) is 10.6 Å². The van der Waals surface area contributed by atoms with E-state index in [1.54, 1.807) is 0 Å². The number of urea groups is 1. The van der Waals surface area contributed by atoms with Crippen molar-refractivity contribution >= 4 is 6.03 Å². The van der Waals surface area contributed by atoms with Crippen LogP contribution in [0.1, 0.15) is 38.7 Å². The van der Waals surface area contributed by atoms with Gasteiger partial charge in [-0.15, -0.1) is 0 Å². The van der Waals surface area contributed by atoms with Crippen LogP contribution < -0.4 is 15.4 Å². The molecule has 23 heavy (non-hydrogen) atoms. The molecule has 1 unspecified atom stereocenters. The highest BCUT2D eigenvalue weighted by Gasteiger charge is 2.27. The third-order valence-corrected chi connectivity index (χ3v) is 4.97. The minimum absolute atomic E-state index is 0.00213. The maximum Gasteiger partial charge on any atom is 0.314 e. The Labute approximate surface area is 138 Å². The zero-order valence-electron chi connectivity index (χ0n) is 14.1. The number of carbonyl (C=O) groups excluding carboxylic acids is 1. The van der Waals surface area contributed by atoms with Crippen LogP contribution in [0.3, 0.4) is 0 Å². The fourth-order valence-corrected chi connectivity index (χ4v) is 3.08. The number of aliphatic hydroxyl groups is 1. The maximum atomic E-state index is 12.0. The van der Waals surface area contributed by atoms with Crippen LogP contribution >= 0.6 is 0 Å². The van der Waals surface area contributed by atoms with Gasteiger partial charge in [0.2, 0.25) is 0 Å². The normalized spacial score (nSPS) is 16.6. The molecule has 0 radical (unpaired) electrons. The van der Waals surface area contributed by atoms with Gasteiger partial charge in [-0.3, -0.25) is 0 Å². The fourth-order valence-electron chi connectivity index (χ4n) is 3.08. The van der Waals surface area contributed by atoms with Crippen LogP contribution in [0.4, 0.5) is 4.79 Å². The summed E-state index contributed by atoms with van der Waals surface area (Å²) in [6, 6.07) is 7.80. The Morgan fingerprint density at radius 2 is 2.04 bits per heavy atom. The molecule has 1 atom stereocenters. The Morgan fingerprint density at radius 3 is 2.70 bits per heavy atom. The largest absolute Gasteiger partial charge is 0.488 e. The fraction of sp³-hybridized carbons (Fsp3) is 0.611. The van der Waals surface area contributed by atoms with E-state index >= 15 is 0 Å². The minimum Gasteiger partial charge on any atom is -0.488 e. The summed E-state index contributed by atoms with van der Waals surface area (Å²) in [6.45, 7) is 5.42. The van der Waals surface area contributed by atoms with Gasteiger partial charge in [0.15, 0.2) is 0 Å². The van der Waals surface area contributed by atoms with Crippen molar-refractivity contribution in [2.45, 2.75) is 45.6 Å². The highest BCUT2D eigenvalue weighted by Crippen LogP contribution is 2.29. The average molecular weight is 320 g/mol. The lowest BCUT2D eigenvalue weighted by atomic mass is 9.79. The predicted octanol–water partition coefficient (Wildman–Crippen LogP) is 2.48. The molecular weight excluding hydrogens is 292 g/mol. The van der Waals surface area contributed by atoms with Crippen molar-refractivity contribution < 1.29 is 14.6 Å². The monoisotopic (exact) mass is 320 g/mol. The van der Waals surface area contributed by atoms with Gasteiger partial charge in [-0.05, 0) is 36.3 Å². The minimum atomic E-state index is -0.172. The zero-order valence-corrected chi connectivity index (χ0v) is 14.1. The lowest BCUT2D eigenvalue weighted by Crippen LogP contribution is -2.45. The molecule has 5 heteroatoms. The van der Waals surface area contributed by atoms with Crippen molar-refractivity contribution in [2.75, 3.05) is 19.7 Å². The first-order valence-electron chi connectivity index (χ1n) is 8.49. The number of amides is 2. The van der Waals surface area contributed by atoms with Gasteiger partial charge in [0.25, 0.3) is 0 Å². The Morgan fingerprint density at radius 1 is 1.30 bits per heavy atom. The zero-order chi connectivity index (χ0) is 16.7. The van der Waals surface area contributed by atoms with Crippen LogP contribution in [0.25, 0.3) is 0 Å². The number of para-hydroxylation sites is 1. The van der Waals surface area contributed by atoms with E-state index in [1.165, 1.54) is 5.56 Å². The summed E-state index contributed by atoms with van der Waals surface area (Å²) in [5, 5.41) is 15.0. The number of aliphatic hydroxyl groups excluding tert-OH is 1. The van der Waals surface area contributed by atoms with Crippen LogP contribution in [0.15, 0.2) is 24.3 Å². The Balaban J connectivity index is 1.74. The second kappa shape index (κ2) is 8.20. The SMILES string of the molecule is CCC(CC)(CCO)CNC(=O)NCC1Cc2ccccc2O1. The molecule has 128 valence electrons. The van der Waals surface area contributed by atoms with E-state index < -0.39 is 0 Å². The van der Waals surface area contributed by atoms with Gasteiger partial charge in [0.05, 0.1) is 6.54 Å². The molecule has 3 N–H and O–H groups in total. The molecule has 1 aliphatic heterocycles. The molecule has 0 aliphatic carbocycles. The molecule has 0 spiro atoms. The Kier molecular flexibility index (Phi) is 6.28. The first-order valence-corrected chi connectivity index (χ1v) is 8.49. The molecule has 1 heterocycles. The maximum absolute atomic E-state index is 12.0. The van der Waals surface area contributed by atoms with Crippen molar-refractivity contribution in [3.05, 3.63) is 29.8 Å². The Bertz CT molecular complexity index is 490. The highest BCUT2D eigenvalue weighted by atomic mass is 16.5. The molecule has 1 aromatic carbocycles. The van der Waals surface area contributed by atoms with Gasteiger partial charge in [-0.1, -0.05) is 32.0 Å². The van der Waals surface area contributed by atoms with E-state index in [0.29, 0.717) is 19.5 Å². The number of benzene rings is 1. The van der Waals surface area contributed by atoms with E-state index in [9.17, 15) is 9.90 Å². The van der Waals surface area contributed by atoms with E-state index in [4.69, 9.17) is 4.74 Å². The van der Waals surface area contributed by atoms with Gasteiger partial charge in [0.1, 0.15) is 11.9 Å². The van der Waals surface area contributed by atoms with E-state index in [1.807, 2.05) is 18.2 Å². The smallest absolute Gasteiger partial charge is 0.314 e. The van der Waals surface area contributed by atoms with Crippen LogP contribution in [-0.4, -0.2) is 36.9 Å². The molecule has 0 saturated heterocycles. The van der Waals surface area contributed by atoms with Gasteiger partial charge in [-0.25, -0.2) is 4.79 Å². The summed E-state index contributed by atoms with van der Waals surface area (Å²) >= 11 is 0. The molecule has 0 aromatic heterocycles. The molecule has 1 aromatic rings. The quantitative estimate of drug-likeness (QED) is 0.689. The number of ether oxygens (including phenoxy) is 1. The molecule has 2 amide bonds. The average Bonchev–Trinajstić information content (AvgIpc) is 3.00. The van der Waals surface area contributed by atoms with Gasteiger partial charge < -0.3 is 20.5 Å². The second-order valence-electron chi connectivity index (χ2n) is 6.30. The highest BCUT2D eigenvalue weighted by molar-refractivity contribution is 5.73. The van der Waals surface area contributed by atoms with E-state index in [2.05, 4.69) is 30.5 Å². The number of rotatable bonds is 8. The molecule has 0 fully saturated rings. The van der Waals surface area contributed by atoms with Gasteiger partial charge in [0, 0.05) is 19.6 Å². The standard InChI is InChI=1S/C18H28N2O3/c1-3-18(4-2,9-10-21)13-20-17(22)19-12-15-11-14-7-5-6-8-16(14)23-15/h5-8,15,21H,3-4,9-13H2,1-2H3,(H2,19,20,22). The van der Waals surface area contributed by atoms with Crippen LogP contribution in [0, 0.1) is 5.41 Å². The first-order chi connectivity index (χ1) is 11.1. The summed E-state index contributed by atoms with van der Waals surface area (Å²) in [5.74, 6) is 0.915. The Hall–Kier alpha value is -1.75. The van der Waals surface area contributed by atoms with Crippen molar-refractivity contribution in [3.8, 4) is 5.75 Å². The third-order valence-electron chi connectivity index (χ3n) is 4.97. The predicted molar refractivity (Wildman–Crippen MR) is 90.7 cm³/mol. The number of hydrogen-bond donors (Lipinski definition) is 3. The molecule has 5 nitrogen and oxygen atoms in total. The van der Waals surface area contributed by atoms with Crippen LogP contribution in [0.5, 0.6) is 5.75 Å². The van der Waals surface area contributed by atoms with Crippen LogP contribution in [-0.2, 0) is 6.42 Å². The van der Waals surface area contributed by atoms with Crippen molar-refractivity contribution in [3.63, 3.8) is 0 Å². The summed E-state index contributed by atoms with van der Waals surface area (Å²) in [6.07, 6.45) is 3.41. The molecule has 2 rings (SSSR count). The summed E-state index contributed by atoms with van der Waals surface area (Å²) in [5.41, 5.74) is 1.17. The van der Waals surface area contributed by atoms with Crippen LogP contribution in [0.2, 0.25) is 0 Å². The van der Waals surface area contributed by atoms with Crippen molar-refractivity contribution in [2.24, 2.45) is 5.41 Å². The second-order valence-corrected chi connectivity index (χ2v) is 6.30.